The van der Waals surface area contributed by atoms with Crippen molar-refractivity contribution in [3.8, 4) is 0 Å². The number of benzene rings is 1. The van der Waals surface area contributed by atoms with E-state index in [2.05, 4.69) is 55.2 Å². The maximum atomic E-state index is 3.62. The molecule has 0 saturated heterocycles. The van der Waals surface area contributed by atoms with E-state index < -0.39 is 0 Å². The first-order valence-corrected chi connectivity index (χ1v) is 6.87. The Bertz CT molecular complexity index is 324. The molecule has 2 rings (SSSR count). The van der Waals surface area contributed by atoms with Gasteiger partial charge in [0.15, 0.2) is 0 Å². The number of hydrogen-bond donors (Lipinski definition) is 1. The molecule has 1 aliphatic heterocycles. The second-order valence-corrected chi connectivity index (χ2v) is 5.26. The molecule has 1 aromatic carbocycles. The third kappa shape index (κ3) is 2.37. The van der Waals surface area contributed by atoms with Crippen molar-refractivity contribution in [2.45, 2.75) is 25.6 Å². The largest absolute Gasteiger partial charge is 0.310 e. The molecule has 2 heteroatoms. The van der Waals surface area contributed by atoms with Gasteiger partial charge in [-0.25, -0.2) is 0 Å². The molecule has 15 heavy (non-hydrogen) atoms. The fourth-order valence-electron chi connectivity index (χ4n) is 2.26. The van der Waals surface area contributed by atoms with E-state index in [0.29, 0.717) is 6.04 Å². The number of fused-ring (bicyclic) bond motifs is 1. The van der Waals surface area contributed by atoms with Crippen LogP contribution >= 0.6 is 11.8 Å². The summed E-state index contributed by atoms with van der Waals surface area (Å²) in [5, 5.41) is 3.62. The van der Waals surface area contributed by atoms with E-state index in [0.717, 1.165) is 12.5 Å². The first-order valence-electron chi connectivity index (χ1n) is 5.72. The first-order chi connectivity index (χ1) is 7.33. The van der Waals surface area contributed by atoms with Crippen molar-refractivity contribution >= 4 is 11.8 Å². The first kappa shape index (κ1) is 11.0. The zero-order valence-electron chi connectivity index (χ0n) is 9.49. The van der Waals surface area contributed by atoms with Gasteiger partial charge >= 0.3 is 0 Å². The molecule has 2 unspecified atom stereocenters. The Morgan fingerprint density at radius 1 is 1.40 bits per heavy atom. The smallest absolute Gasteiger partial charge is 0.0356 e. The summed E-state index contributed by atoms with van der Waals surface area (Å²) in [6.07, 6.45) is 0. The summed E-state index contributed by atoms with van der Waals surface area (Å²) in [5.41, 5.74) is 3.02. The quantitative estimate of drug-likeness (QED) is 0.823. The van der Waals surface area contributed by atoms with Gasteiger partial charge in [0.1, 0.15) is 0 Å². The maximum absolute atomic E-state index is 3.62. The molecule has 82 valence electrons. The van der Waals surface area contributed by atoms with Gasteiger partial charge in [-0.15, -0.1) is 0 Å². The average Bonchev–Trinajstić information content (AvgIpc) is 2.40. The molecule has 0 radical (unpaired) electrons. The lowest BCUT2D eigenvalue weighted by molar-refractivity contribution is 0.428. The highest BCUT2D eigenvalue weighted by Crippen LogP contribution is 2.33. The van der Waals surface area contributed by atoms with E-state index in [-0.39, 0.29) is 0 Å². The molecule has 0 fully saturated rings. The molecule has 0 bridgehead atoms. The minimum Gasteiger partial charge on any atom is -0.310 e. The summed E-state index contributed by atoms with van der Waals surface area (Å²) in [5.74, 6) is 3.15. The van der Waals surface area contributed by atoms with Gasteiger partial charge < -0.3 is 5.32 Å². The van der Waals surface area contributed by atoms with Crippen molar-refractivity contribution in [2.24, 2.45) is 5.92 Å². The van der Waals surface area contributed by atoms with Gasteiger partial charge in [-0.3, -0.25) is 0 Å². The van der Waals surface area contributed by atoms with E-state index in [1.54, 1.807) is 0 Å². The minimum absolute atomic E-state index is 0.543. The third-order valence-electron chi connectivity index (χ3n) is 3.02. The molecule has 2 atom stereocenters. The summed E-state index contributed by atoms with van der Waals surface area (Å²) in [6, 6.07) is 9.40. The molecule has 1 N–H and O–H groups in total. The Labute approximate surface area is 96.7 Å². The lowest BCUT2D eigenvalue weighted by Gasteiger charge is -2.23. The second-order valence-electron chi connectivity index (χ2n) is 4.23. The van der Waals surface area contributed by atoms with Crippen LogP contribution in [0.1, 0.15) is 31.0 Å². The number of rotatable bonds is 2. The molecular weight excluding hydrogens is 202 g/mol. The van der Waals surface area contributed by atoms with Crippen molar-refractivity contribution in [1.29, 1.82) is 0 Å². The van der Waals surface area contributed by atoms with Gasteiger partial charge in [0.2, 0.25) is 0 Å². The Morgan fingerprint density at radius 3 is 3.00 bits per heavy atom. The molecule has 0 saturated carbocycles. The summed E-state index contributed by atoms with van der Waals surface area (Å²) < 4.78 is 0. The van der Waals surface area contributed by atoms with Crippen LogP contribution in [-0.2, 0) is 5.75 Å². The Kier molecular flexibility index (Phi) is 3.71. The highest BCUT2D eigenvalue weighted by Gasteiger charge is 2.23. The predicted molar refractivity (Wildman–Crippen MR) is 68.2 cm³/mol. The lowest BCUT2D eigenvalue weighted by atomic mass is 9.93. The average molecular weight is 221 g/mol. The van der Waals surface area contributed by atoms with Crippen LogP contribution in [-0.4, -0.2) is 12.3 Å². The van der Waals surface area contributed by atoms with Crippen LogP contribution in [0.4, 0.5) is 0 Å². The fraction of sp³-hybridized carbons (Fsp3) is 0.538. The molecule has 1 aliphatic rings. The van der Waals surface area contributed by atoms with Gasteiger partial charge in [0, 0.05) is 11.8 Å². The van der Waals surface area contributed by atoms with E-state index in [1.165, 1.54) is 22.6 Å². The van der Waals surface area contributed by atoms with Gasteiger partial charge in [-0.2, -0.15) is 11.8 Å². The standard InChI is InChI=1S/C13H19NS/c1-3-14-13-10(2)8-15-9-11-6-4-5-7-12(11)13/h4-7,10,13-14H,3,8-9H2,1-2H3. The van der Waals surface area contributed by atoms with Gasteiger partial charge in [0.05, 0.1) is 0 Å². The molecule has 0 amide bonds. The van der Waals surface area contributed by atoms with Crippen LogP contribution in [0.15, 0.2) is 24.3 Å². The fourth-order valence-corrected chi connectivity index (χ4v) is 3.42. The summed E-state index contributed by atoms with van der Waals surface area (Å²) in [7, 11) is 0. The molecule has 1 heterocycles. The SMILES string of the molecule is CCNC1c2ccccc2CSCC1C. The topological polar surface area (TPSA) is 12.0 Å². The molecule has 1 nitrogen and oxygen atoms in total. The van der Waals surface area contributed by atoms with E-state index >= 15 is 0 Å². The van der Waals surface area contributed by atoms with E-state index in [1.807, 2.05) is 0 Å². The van der Waals surface area contributed by atoms with Crippen LogP contribution in [0.2, 0.25) is 0 Å². The highest BCUT2D eigenvalue weighted by molar-refractivity contribution is 7.98. The Hall–Kier alpha value is -0.470. The molecular formula is C13H19NS. The predicted octanol–water partition coefficient (Wildman–Crippen LogP) is 3.22. The number of hydrogen-bond acceptors (Lipinski definition) is 2. The maximum Gasteiger partial charge on any atom is 0.0356 e. The highest BCUT2D eigenvalue weighted by atomic mass is 32.2. The monoisotopic (exact) mass is 221 g/mol. The zero-order valence-corrected chi connectivity index (χ0v) is 10.3. The van der Waals surface area contributed by atoms with E-state index in [4.69, 9.17) is 0 Å². The lowest BCUT2D eigenvalue weighted by Crippen LogP contribution is -2.27. The molecule has 0 spiro atoms. The van der Waals surface area contributed by atoms with Gasteiger partial charge in [-0.1, -0.05) is 38.1 Å². The van der Waals surface area contributed by atoms with Crippen molar-refractivity contribution in [3.63, 3.8) is 0 Å². The van der Waals surface area contributed by atoms with E-state index in [9.17, 15) is 0 Å². The summed E-state index contributed by atoms with van der Waals surface area (Å²) in [4.78, 5) is 0. The number of thioether (sulfide) groups is 1. The van der Waals surface area contributed by atoms with Crippen molar-refractivity contribution in [3.05, 3.63) is 35.4 Å². The van der Waals surface area contributed by atoms with Gasteiger partial charge in [0.25, 0.3) is 0 Å². The zero-order chi connectivity index (χ0) is 10.7. The van der Waals surface area contributed by atoms with Crippen molar-refractivity contribution in [2.75, 3.05) is 12.3 Å². The molecule has 0 aliphatic carbocycles. The van der Waals surface area contributed by atoms with Crippen LogP contribution in [0.5, 0.6) is 0 Å². The normalized spacial score (nSPS) is 25.7. The van der Waals surface area contributed by atoms with Crippen LogP contribution in [0, 0.1) is 5.92 Å². The molecule has 1 aromatic rings. The molecule has 0 aromatic heterocycles. The Morgan fingerprint density at radius 2 is 2.20 bits per heavy atom. The van der Waals surface area contributed by atoms with Gasteiger partial charge in [-0.05, 0) is 29.3 Å². The van der Waals surface area contributed by atoms with Crippen LogP contribution < -0.4 is 5.32 Å². The van der Waals surface area contributed by atoms with Crippen LogP contribution in [0.3, 0.4) is 0 Å². The van der Waals surface area contributed by atoms with Crippen molar-refractivity contribution in [1.82, 2.24) is 5.32 Å². The third-order valence-corrected chi connectivity index (χ3v) is 4.30. The van der Waals surface area contributed by atoms with Crippen LogP contribution in [0.25, 0.3) is 0 Å². The summed E-state index contributed by atoms with van der Waals surface area (Å²) in [6.45, 7) is 5.59. The minimum atomic E-state index is 0.543. The second kappa shape index (κ2) is 5.04. The Balaban J connectivity index is 2.33. The number of nitrogens with one attached hydrogen (secondary N) is 1. The van der Waals surface area contributed by atoms with Crippen molar-refractivity contribution < 1.29 is 0 Å². The summed E-state index contributed by atoms with van der Waals surface area (Å²) >= 11 is 2.06.